The minimum Gasteiger partial charge on any atom is -0.493 e. The van der Waals surface area contributed by atoms with Gasteiger partial charge in [0.1, 0.15) is 0 Å². The Morgan fingerprint density at radius 2 is 1.84 bits per heavy atom. The molecule has 0 N–H and O–H groups in total. The Labute approximate surface area is 194 Å². The van der Waals surface area contributed by atoms with Gasteiger partial charge in [-0.2, -0.15) is 0 Å². The summed E-state index contributed by atoms with van der Waals surface area (Å²) in [7, 11) is 1.50. The first-order valence-corrected chi connectivity index (χ1v) is 11.2. The zero-order valence-corrected chi connectivity index (χ0v) is 19.1. The van der Waals surface area contributed by atoms with Crippen LogP contribution < -0.4 is 19.6 Å². The zero-order valence-electron chi connectivity index (χ0n) is 16.7. The molecule has 0 fully saturated rings. The third-order valence-electron chi connectivity index (χ3n) is 4.90. The average Bonchev–Trinajstić information content (AvgIpc) is 3.32. The van der Waals surface area contributed by atoms with Gasteiger partial charge in [0.2, 0.25) is 0 Å². The van der Waals surface area contributed by atoms with Crippen molar-refractivity contribution in [1.82, 2.24) is 9.38 Å². The van der Waals surface area contributed by atoms with Crippen LogP contribution in [0.25, 0.3) is 22.1 Å². The van der Waals surface area contributed by atoms with Gasteiger partial charge < -0.3 is 9.47 Å². The second-order valence-corrected chi connectivity index (χ2v) is 8.79. The number of para-hydroxylation sites is 2. The quantitative estimate of drug-likeness (QED) is 0.266. The van der Waals surface area contributed by atoms with Crippen LogP contribution in [0.15, 0.2) is 76.0 Å². The molecule has 158 valence electrons. The summed E-state index contributed by atoms with van der Waals surface area (Å²) >= 11 is 4.78. The van der Waals surface area contributed by atoms with Gasteiger partial charge in [0.15, 0.2) is 16.5 Å². The lowest BCUT2D eigenvalue weighted by molar-refractivity contribution is 0.0728. The lowest BCUT2D eigenvalue weighted by Crippen LogP contribution is -2.22. The van der Waals surface area contributed by atoms with E-state index < -0.39 is 5.97 Å². The largest absolute Gasteiger partial charge is 0.493 e. The van der Waals surface area contributed by atoms with Gasteiger partial charge in [-0.25, -0.2) is 14.2 Å². The average molecular weight is 507 g/mol. The van der Waals surface area contributed by atoms with Crippen LogP contribution in [0.1, 0.15) is 15.9 Å². The highest BCUT2D eigenvalue weighted by Gasteiger charge is 2.17. The number of thiazole rings is 1. The Bertz CT molecular complexity index is 1590. The Morgan fingerprint density at radius 1 is 1.09 bits per heavy atom. The van der Waals surface area contributed by atoms with Crippen LogP contribution in [0, 0.1) is 0 Å². The summed E-state index contributed by atoms with van der Waals surface area (Å²) < 4.78 is 13.7. The first kappa shape index (κ1) is 20.4. The van der Waals surface area contributed by atoms with E-state index in [4.69, 9.17) is 9.47 Å². The molecule has 5 aromatic rings. The molecule has 3 aromatic carbocycles. The number of carbonyl (C=O) groups is 1. The van der Waals surface area contributed by atoms with E-state index in [0.29, 0.717) is 25.3 Å². The molecule has 0 aliphatic heterocycles. The van der Waals surface area contributed by atoms with Gasteiger partial charge >= 0.3 is 5.97 Å². The highest BCUT2D eigenvalue weighted by atomic mass is 79.9. The van der Waals surface area contributed by atoms with Gasteiger partial charge in [-0.1, -0.05) is 41.7 Å². The molecule has 0 atom stereocenters. The monoisotopic (exact) mass is 506 g/mol. The summed E-state index contributed by atoms with van der Waals surface area (Å²) in [5.74, 6) is 0.150. The van der Waals surface area contributed by atoms with Gasteiger partial charge in [0.25, 0.3) is 5.56 Å². The summed E-state index contributed by atoms with van der Waals surface area (Å²) in [6.45, 7) is 0. The first-order chi connectivity index (χ1) is 15.5. The fourth-order valence-corrected chi connectivity index (χ4v) is 4.94. The minimum absolute atomic E-state index is 0.131. The number of methoxy groups -OCH3 is 1. The van der Waals surface area contributed by atoms with Crippen molar-refractivity contribution in [2.45, 2.75) is 0 Å². The van der Waals surface area contributed by atoms with Crippen molar-refractivity contribution in [3.05, 3.63) is 97.2 Å². The molecule has 0 unspecified atom stereocenters. The van der Waals surface area contributed by atoms with Gasteiger partial charge in [-0.3, -0.25) is 4.79 Å². The van der Waals surface area contributed by atoms with E-state index in [-0.39, 0.29) is 11.3 Å². The van der Waals surface area contributed by atoms with Gasteiger partial charge in [0, 0.05) is 0 Å². The molecule has 0 aliphatic rings. The number of halogens is 1. The summed E-state index contributed by atoms with van der Waals surface area (Å²) in [5.41, 5.74) is 2.59. The standard InChI is InChI=1S/C24H15BrN2O4S/c1-30-19-12-14(11-16(25)21(19)31-23(29)15-7-3-2-4-8-15)13-20-22(28)27-18-10-6-5-9-17(18)26-24(27)32-20/h2-13H,1H3/b20-13-. The third kappa shape index (κ3) is 3.57. The topological polar surface area (TPSA) is 69.9 Å². The fourth-order valence-electron chi connectivity index (χ4n) is 3.41. The maximum absolute atomic E-state index is 13.0. The van der Waals surface area contributed by atoms with E-state index in [9.17, 15) is 9.59 Å². The smallest absolute Gasteiger partial charge is 0.343 e. The van der Waals surface area contributed by atoms with E-state index in [1.807, 2.05) is 30.3 Å². The zero-order chi connectivity index (χ0) is 22.2. The number of fused-ring (bicyclic) bond motifs is 3. The molecule has 0 aliphatic carbocycles. The van der Waals surface area contributed by atoms with Gasteiger partial charge in [-0.05, 0) is 64.0 Å². The number of hydrogen-bond donors (Lipinski definition) is 0. The number of imidazole rings is 1. The number of ether oxygens (including phenoxy) is 2. The normalized spacial score (nSPS) is 11.9. The summed E-state index contributed by atoms with van der Waals surface area (Å²) in [4.78, 5) is 30.7. The number of carbonyl (C=O) groups excluding carboxylic acids is 1. The van der Waals surface area contributed by atoms with Crippen LogP contribution in [0.2, 0.25) is 0 Å². The van der Waals surface area contributed by atoms with Gasteiger partial charge in [-0.15, -0.1) is 0 Å². The molecule has 0 amide bonds. The Kier molecular flexibility index (Phi) is 5.24. The first-order valence-electron chi connectivity index (χ1n) is 9.61. The fraction of sp³-hybridized carbons (Fsp3) is 0.0417. The Hall–Kier alpha value is -3.49. The predicted octanol–water partition coefficient (Wildman–Crippen LogP) is 4.45. The van der Waals surface area contributed by atoms with Crippen molar-refractivity contribution in [1.29, 1.82) is 0 Å². The number of rotatable bonds is 4. The van der Waals surface area contributed by atoms with Crippen LogP contribution >= 0.6 is 27.3 Å². The van der Waals surface area contributed by atoms with E-state index in [2.05, 4.69) is 20.9 Å². The number of nitrogens with zero attached hydrogens (tertiary/aromatic N) is 2. The van der Waals surface area contributed by atoms with Crippen molar-refractivity contribution in [2.24, 2.45) is 0 Å². The second kappa shape index (κ2) is 8.22. The molecule has 0 radical (unpaired) electrons. The van der Waals surface area contributed by atoms with Crippen LogP contribution in [-0.2, 0) is 0 Å². The SMILES string of the molecule is COc1cc(/C=c2\sc3nc4ccccc4n3c2=O)cc(Br)c1OC(=O)c1ccccc1. The maximum atomic E-state index is 13.0. The predicted molar refractivity (Wildman–Crippen MR) is 128 cm³/mol. The molecular formula is C24H15BrN2O4S. The molecule has 6 nitrogen and oxygen atoms in total. The Morgan fingerprint density at radius 3 is 2.62 bits per heavy atom. The molecular weight excluding hydrogens is 492 g/mol. The van der Waals surface area contributed by atoms with Crippen LogP contribution in [0.5, 0.6) is 11.5 Å². The third-order valence-corrected chi connectivity index (χ3v) is 6.46. The van der Waals surface area contributed by atoms with Crippen LogP contribution in [0.4, 0.5) is 0 Å². The molecule has 8 heteroatoms. The molecule has 5 rings (SSSR count). The highest BCUT2D eigenvalue weighted by molar-refractivity contribution is 9.10. The molecule has 0 saturated heterocycles. The number of benzene rings is 3. The van der Waals surface area contributed by atoms with E-state index in [1.54, 1.807) is 46.9 Å². The molecule has 0 saturated carbocycles. The number of esters is 1. The van der Waals surface area contributed by atoms with Crippen molar-refractivity contribution in [2.75, 3.05) is 7.11 Å². The lowest BCUT2D eigenvalue weighted by Gasteiger charge is -2.12. The molecule has 2 aromatic heterocycles. The molecule has 0 bridgehead atoms. The summed E-state index contributed by atoms with van der Waals surface area (Å²) in [6, 6.07) is 19.8. The van der Waals surface area contributed by atoms with Crippen molar-refractivity contribution < 1.29 is 14.3 Å². The van der Waals surface area contributed by atoms with Crippen molar-refractivity contribution in [3.63, 3.8) is 0 Å². The highest BCUT2D eigenvalue weighted by Crippen LogP contribution is 2.37. The van der Waals surface area contributed by atoms with Gasteiger partial charge in [0.05, 0.1) is 32.7 Å². The minimum atomic E-state index is -0.491. The second-order valence-electron chi connectivity index (χ2n) is 6.92. The number of aromatic nitrogens is 2. The Balaban J connectivity index is 1.56. The molecule has 2 heterocycles. The maximum Gasteiger partial charge on any atom is 0.343 e. The molecule has 32 heavy (non-hydrogen) atoms. The van der Waals surface area contributed by atoms with Crippen LogP contribution in [-0.4, -0.2) is 22.5 Å². The summed E-state index contributed by atoms with van der Waals surface area (Å²) in [5, 5.41) is 0. The molecule has 0 spiro atoms. The lowest BCUT2D eigenvalue weighted by atomic mass is 10.2. The summed E-state index contributed by atoms with van der Waals surface area (Å²) in [6.07, 6.45) is 1.77. The van der Waals surface area contributed by atoms with Crippen molar-refractivity contribution in [3.8, 4) is 11.5 Å². The van der Waals surface area contributed by atoms with E-state index in [1.165, 1.54) is 18.4 Å². The number of hydrogen-bond acceptors (Lipinski definition) is 6. The van der Waals surface area contributed by atoms with E-state index in [0.717, 1.165) is 16.6 Å². The van der Waals surface area contributed by atoms with Crippen LogP contribution in [0.3, 0.4) is 0 Å². The van der Waals surface area contributed by atoms with Crippen molar-refractivity contribution >= 4 is 55.3 Å². The van der Waals surface area contributed by atoms with E-state index >= 15 is 0 Å².